The quantitative estimate of drug-likeness (QED) is 0.914. The van der Waals surface area contributed by atoms with Gasteiger partial charge in [0.1, 0.15) is 0 Å². The fourth-order valence-corrected chi connectivity index (χ4v) is 5.02. The molecule has 0 aliphatic carbocycles. The standard InChI is InChI=1S/C18H22F2N2O2/c19-14-3-1-2-12(16(14)20)13-10-22(15(24)6-9-23)17-11-4-7-21(8-5-11)18(13)17/h1-3,11,13,17-18,23H,4-10H2/t13-,17+,18+/m0/s1. The van der Waals surface area contributed by atoms with E-state index in [1.54, 1.807) is 6.07 Å². The molecule has 1 aromatic carbocycles. The molecule has 4 aliphatic heterocycles. The Labute approximate surface area is 140 Å². The summed E-state index contributed by atoms with van der Waals surface area (Å²) in [4.78, 5) is 16.6. The molecular weight excluding hydrogens is 314 g/mol. The van der Waals surface area contributed by atoms with Gasteiger partial charge >= 0.3 is 0 Å². The summed E-state index contributed by atoms with van der Waals surface area (Å²) in [5, 5.41) is 9.12. The van der Waals surface area contributed by atoms with Crippen molar-refractivity contribution in [2.45, 2.75) is 37.3 Å². The first-order chi connectivity index (χ1) is 11.6. The Balaban J connectivity index is 1.72. The van der Waals surface area contributed by atoms with Crippen LogP contribution >= 0.6 is 0 Å². The van der Waals surface area contributed by atoms with E-state index >= 15 is 0 Å². The number of hydrogen-bond donors (Lipinski definition) is 1. The van der Waals surface area contributed by atoms with Crippen LogP contribution in [-0.4, -0.2) is 59.1 Å². The number of fused-ring (bicyclic) bond motifs is 2. The van der Waals surface area contributed by atoms with Gasteiger partial charge in [0.25, 0.3) is 0 Å². The molecule has 4 saturated heterocycles. The predicted octanol–water partition coefficient (Wildman–Crippen LogP) is 1.74. The van der Waals surface area contributed by atoms with Crippen LogP contribution in [-0.2, 0) is 4.79 Å². The molecule has 24 heavy (non-hydrogen) atoms. The largest absolute Gasteiger partial charge is 0.396 e. The summed E-state index contributed by atoms with van der Waals surface area (Å²) in [5.74, 6) is -1.50. The number of aliphatic hydroxyl groups is 1. The summed E-state index contributed by atoms with van der Waals surface area (Å²) in [6.45, 7) is 2.14. The van der Waals surface area contributed by atoms with Crippen molar-refractivity contribution in [2.24, 2.45) is 5.92 Å². The molecule has 4 heterocycles. The number of aliphatic hydroxyl groups excluding tert-OH is 1. The lowest BCUT2D eigenvalue weighted by molar-refractivity contribution is -0.136. The van der Waals surface area contributed by atoms with Crippen molar-refractivity contribution < 1.29 is 18.7 Å². The Morgan fingerprint density at radius 3 is 2.67 bits per heavy atom. The molecule has 130 valence electrons. The van der Waals surface area contributed by atoms with E-state index < -0.39 is 11.6 Å². The van der Waals surface area contributed by atoms with Gasteiger partial charge in [0.15, 0.2) is 11.6 Å². The number of piperidine rings is 3. The smallest absolute Gasteiger partial charge is 0.225 e. The minimum Gasteiger partial charge on any atom is -0.396 e. The highest BCUT2D eigenvalue weighted by molar-refractivity contribution is 5.77. The van der Waals surface area contributed by atoms with Crippen LogP contribution in [0.3, 0.4) is 0 Å². The highest BCUT2D eigenvalue weighted by atomic mass is 19.2. The lowest BCUT2D eigenvalue weighted by Crippen LogP contribution is -2.60. The monoisotopic (exact) mass is 336 g/mol. The predicted molar refractivity (Wildman–Crippen MR) is 84.4 cm³/mol. The van der Waals surface area contributed by atoms with Gasteiger partial charge < -0.3 is 10.0 Å². The van der Waals surface area contributed by atoms with Gasteiger partial charge in [-0.3, -0.25) is 9.69 Å². The third-order valence-electron chi connectivity index (χ3n) is 6.02. The maximum Gasteiger partial charge on any atom is 0.225 e. The summed E-state index contributed by atoms with van der Waals surface area (Å²) in [6, 6.07) is 4.42. The van der Waals surface area contributed by atoms with Crippen LogP contribution in [0.4, 0.5) is 8.78 Å². The molecule has 5 rings (SSSR count). The molecule has 0 radical (unpaired) electrons. The van der Waals surface area contributed by atoms with Gasteiger partial charge in [-0.1, -0.05) is 12.1 Å². The molecule has 4 nitrogen and oxygen atoms in total. The first-order valence-corrected chi connectivity index (χ1v) is 8.70. The lowest BCUT2D eigenvalue weighted by Gasteiger charge is -2.51. The lowest BCUT2D eigenvalue weighted by atomic mass is 9.75. The maximum absolute atomic E-state index is 14.4. The van der Waals surface area contributed by atoms with Crippen LogP contribution in [0.5, 0.6) is 0 Å². The van der Waals surface area contributed by atoms with E-state index in [2.05, 4.69) is 4.90 Å². The number of rotatable bonds is 3. The Bertz CT molecular complexity index is 646. The van der Waals surface area contributed by atoms with Crippen LogP contribution < -0.4 is 0 Å². The fraction of sp³-hybridized carbons (Fsp3) is 0.611. The second-order valence-electron chi connectivity index (χ2n) is 7.12. The molecule has 1 amide bonds. The highest BCUT2D eigenvalue weighted by Crippen LogP contribution is 2.47. The number of nitrogens with zero attached hydrogens (tertiary/aromatic N) is 2. The van der Waals surface area contributed by atoms with Crippen molar-refractivity contribution in [1.82, 2.24) is 9.80 Å². The molecule has 6 heteroatoms. The summed E-state index contributed by atoms with van der Waals surface area (Å²) < 4.78 is 28.1. The zero-order chi connectivity index (χ0) is 16.8. The van der Waals surface area contributed by atoms with Crippen LogP contribution in [0, 0.1) is 17.6 Å². The maximum atomic E-state index is 14.4. The third-order valence-corrected chi connectivity index (χ3v) is 6.02. The van der Waals surface area contributed by atoms with E-state index in [9.17, 15) is 13.6 Å². The summed E-state index contributed by atoms with van der Waals surface area (Å²) in [6.07, 6.45) is 2.18. The average molecular weight is 336 g/mol. The average Bonchev–Trinajstić information content (AvgIpc) is 3.01. The van der Waals surface area contributed by atoms with E-state index in [0.717, 1.165) is 32.0 Å². The SMILES string of the molecule is O=C(CCO)N1C[C@@H](c2cccc(F)c2F)[C@@H]2[C@H]1C1CCN2CC1. The molecule has 0 aromatic heterocycles. The molecule has 0 spiro atoms. The number of halogens is 2. The number of hydrogen-bond acceptors (Lipinski definition) is 3. The van der Waals surface area contributed by atoms with Crippen molar-refractivity contribution in [3.8, 4) is 0 Å². The number of carbonyl (C=O) groups excluding carboxylic acids is 1. The fourth-order valence-electron chi connectivity index (χ4n) is 5.02. The van der Waals surface area contributed by atoms with Crippen molar-refractivity contribution in [3.63, 3.8) is 0 Å². The number of carbonyl (C=O) groups is 1. The molecular formula is C18H22F2N2O2. The summed E-state index contributed by atoms with van der Waals surface area (Å²) in [7, 11) is 0. The molecule has 1 N–H and O–H groups in total. The zero-order valence-electron chi connectivity index (χ0n) is 13.5. The zero-order valence-corrected chi connectivity index (χ0v) is 13.5. The van der Waals surface area contributed by atoms with Crippen LogP contribution in [0.1, 0.15) is 30.7 Å². The molecule has 0 unspecified atom stereocenters. The van der Waals surface area contributed by atoms with Crippen molar-refractivity contribution in [2.75, 3.05) is 26.2 Å². The van der Waals surface area contributed by atoms with Crippen LogP contribution in [0.15, 0.2) is 18.2 Å². The van der Waals surface area contributed by atoms with Crippen LogP contribution in [0.25, 0.3) is 0 Å². The Morgan fingerprint density at radius 2 is 1.96 bits per heavy atom. The number of amides is 1. The number of likely N-dealkylation sites (tertiary alicyclic amines) is 1. The molecule has 1 aromatic rings. The van der Waals surface area contributed by atoms with Gasteiger partial charge in [0, 0.05) is 24.9 Å². The van der Waals surface area contributed by atoms with Crippen molar-refractivity contribution >= 4 is 5.91 Å². The normalized spacial score (nSPS) is 34.5. The highest BCUT2D eigenvalue weighted by Gasteiger charge is 2.54. The summed E-state index contributed by atoms with van der Waals surface area (Å²) >= 11 is 0. The first-order valence-electron chi connectivity index (χ1n) is 8.70. The Morgan fingerprint density at radius 1 is 1.21 bits per heavy atom. The van der Waals surface area contributed by atoms with Gasteiger partial charge in [-0.25, -0.2) is 8.78 Å². The van der Waals surface area contributed by atoms with Crippen LogP contribution in [0.2, 0.25) is 0 Å². The van der Waals surface area contributed by atoms with Gasteiger partial charge in [0.05, 0.1) is 12.6 Å². The minimum absolute atomic E-state index is 0.0523. The minimum atomic E-state index is -0.833. The van der Waals surface area contributed by atoms with Crippen molar-refractivity contribution in [1.29, 1.82) is 0 Å². The second kappa shape index (κ2) is 6.08. The van der Waals surface area contributed by atoms with E-state index in [0.29, 0.717) is 18.0 Å². The van der Waals surface area contributed by atoms with Gasteiger partial charge in [0.2, 0.25) is 5.91 Å². The molecule has 4 fully saturated rings. The van der Waals surface area contributed by atoms with Gasteiger partial charge in [-0.2, -0.15) is 0 Å². The van der Waals surface area contributed by atoms with Crippen molar-refractivity contribution in [3.05, 3.63) is 35.4 Å². The summed E-state index contributed by atoms with van der Waals surface area (Å²) in [5.41, 5.74) is 0.372. The van der Waals surface area contributed by atoms with E-state index in [-0.39, 0.29) is 36.9 Å². The van der Waals surface area contributed by atoms with E-state index in [1.165, 1.54) is 6.07 Å². The molecule has 4 aliphatic rings. The third kappa shape index (κ3) is 2.35. The first kappa shape index (κ1) is 16.0. The van der Waals surface area contributed by atoms with E-state index in [1.807, 2.05) is 4.90 Å². The van der Waals surface area contributed by atoms with Gasteiger partial charge in [-0.15, -0.1) is 0 Å². The molecule has 2 bridgehead atoms. The Kier molecular flexibility index (Phi) is 4.04. The van der Waals surface area contributed by atoms with E-state index in [4.69, 9.17) is 5.11 Å². The number of benzene rings is 1. The molecule has 0 saturated carbocycles. The topological polar surface area (TPSA) is 43.8 Å². The second-order valence-corrected chi connectivity index (χ2v) is 7.12. The van der Waals surface area contributed by atoms with Gasteiger partial charge in [-0.05, 0) is 43.5 Å². The Hall–Kier alpha value is -1.53. The molecule has 3 atom stereocenters.